The van der Waals surface area contributed by atoms with Crippen LogP contribution in [0.3, 0.4) is 0 Å². The van der Waals surface area contributed by atoms with E-state index in [0.717, 1.165) is 11.6 Å². The lowest BCUT2D eigenvalue weighted by Gasteiger charge is -2.23. The largest absolute Gasteiger partial charge is 0.368 e. The first kappa shape index (κ1) is 15.6. The van der Waals surface area contributed by atoms with Crippen LogP contribution in [-0.2, 0) is 6.54 Å². The molecule has 0 aliphatic rings. The molecule has 0 aliphatic carbocycles. The van der Waals surface area contributed by atoms with Gasteiger partial charge in [0.05, 0.1) is 11.0 Å². The van der Waals surface area contributed by atoms with E-state index >= 15 is 0 Å². The summed E-state index contributed by atoms with van der Waals surface area (Å²) in [7, 11) is 5.80. The minimum absolute atomic E-state index is 0.0383. The highest BCUT2D eigenvalue weighted by molar-refractivity contribution is 7.11. The Morgan fingerprint density at radius 1 is 1.24 bits per heavy atom. The average molecular weight is 307 g/mol. The van der Waals surface area contributed by atoms with Crippen molar-refractivity contribution in [3.05, 3.63) is 21.9 Å². The van der Waals surface area contributed by atoms with E-state index in [1.165, 1.54) is 4.88 Å². The Morgan fingerprint density at radius 3 is 2.52 bits per heavy atom. The molecule has 2 heterocycles. The van der Waals surface area contributed by atoms with Crippen LogP contribution in [-0.4, -0.2) is 46.0 Å². The second-order valence-corrected chi connectivity index (χ2v) is 6.50. The van der Waals surface area contributed by atoms with Gasteiger partial charge in [0.1, 0.15) is 0 Å². The average Bonchev–Trinajstić information content (AvgIpc) is 2.82. The van der Waals surface area contributed by atoms with Crippen molar-refractivity contribution in [3.63, 3.8) is 0 Å². The SMILES string of the molecule is Cc1ncc(CN(C)C(C)c2nc(N)nc(N(C)C)n2)s1. The van der Waals surface area contributed by atoms with Crippen molar-refractivity contribution in [2.24, 2.45) is 0 Å². The van der Waals surface area contributed by atoms with Gasteiger partial charge < -0.3 is 10.6 Å². The number of rotatable bonds is 5. The molecular formula is C13H21N7S. The number of nitrogen functional groups attached to an aromatic ring is 1. The molecule has 2 aromatic rings. The highest BCUT2D eigenvalue weighted by Gasteiger charge is 2.18. The summed E-state index contributed by atoms with van der Waals surface area (Å²) in [5.41, 5.74) is 5.78. The maximum Gasteiger partial charge on any atom is 0.229 e. The van der Waals surface area contributed by atoms with Gasteiger partial charge in [0.25, 0.3) is 0 Å². The molecule has 114 valence electrons. The molecule has 1 unspecified atom stereocenters. The second-order valence-electron chi connectivity index (χ2n) is 5.18. The molecule has 2 aromatic heterocycles. The molecule has 0 amide bonds. The fourth-order valence-electron chi connectivity index (χ4n) is 1.84. The van der Waals surface area contributed by atoms with Crippen molar-refractivity contribution in [2.45, 2.75) is 26.4 Å². The molecule has 0 radical (unpaired) electrons. The van der Waals surface area contributed by atoms with Crippen LogP contribution in [0.15, 0.2) is 6.20 Å². The van der Waals surface area contributed by atoms with Gasteiger partial charge in [-0.25, -0.2) is 4.98 Å². The van der Waals surface area contributed by atoms with Gasteiger partial charge in [-0.1, -0.05) is 0 Å². The maximum absolute atomic E-state index is 5.78. The normalized spacial score (nSPS) is 12.7. The molecule has 0 saturated heterocycles. The second kappa shape index (κ2) is 6.31. The van der Waals surface area contributed by atoms with Gasteiger partial charge in [0, 0.05) is 31.7 Å². The Bertz CT molecular complexity index is 610. The zero-order valence-electron chi connectivity index (χ0n) is 13.0. The zero-order valence-corrected chi connectivity index (χ0v) is 13.8. The number of anilines is 2. The molecule has 0 aliphatic heterocycles. The van der Waals surface area contributed by atoms with Gasteiger partial charge in [-0.15, -0.1) is 11.3 Å². The van der Waals surface area contributed by atoms with Gasteiger partial charge >= 0.3 is 0 Å². The van der Waals surface area contributed by atoms with E-state index in [1.54, 1.807) is 11.3 Å². The Morgan fingerprint density at radius 2 is 1.95 bits per heavy atom. The van der Waals surface area contributed by atoms with Gasteiger partial charge in [-0.05, 0) is 20.9 Å². The molecule has 0 spiro atoms. The predicted octanol–water partition coefficient (Wildman–Crippen LogP) is 1.48. The highest BCUT2D eigenvalue weighted by atomic mass is 32.1. The molecule has 8 heteroatoms. The molecule has 2 N–H and O–H groups in total. The molecule has 0 aromatic carbocycles. The first-order chi connectivity index (χ1) is 9.86. The molecule has 0 fully saturated rings. The van der Waals surface area contributed by atoms with Gasteiger partial charge in [0.15, 0.2) is 5.82 Å². The number of aryl methyl sites for hydroxylation is 1. The van der Waals surface area contributed by atoms with Crippen LogP contribution in [0.1, 0.15) is 28.7 Å². The molecule has 7 nitrogen and oxygen atoms in total. The molecule has 2 rings (SSSR count). The summed E-state index contributed by atoms with van der Waals surface area (Å²) in [6, 6.07) is 0.0383. The standard InChI is InChI=1S/C13H21N7S/c1-8(20(5)7-10-6-15-9(2)21-10)11-16-12(14)18-13(17-11)19(3)4/h6,8H,7H2,1-5H3,(H2,14,16,17,18). The van der Waals surface area contributed by atoms with Crippen molar-refractivity contribution < 1.29 is 0 Å². The van der Waals surface area contributed by atoms with Crippen LogP contribution in [0.2, 0.25) is 0 Å². The summed E-state index contributed by atoms with van der Waals surface area (Å²) in [6.07, 6.45) is 1.91. The third-order valence-electron chi connectivity index (χ3n) is 3.17. The third kappa shape index (κ3) is 3.85. The number of aromatic nitrogens is 4. The topological polar surface area (TPSA) is 84.1 Å². The number of hydrogen-bond acceptors (Lipinski definition) is 8. The summed E-state index contributed by atoms with van der Waals surface area (Å²) in [6.45, 7) is 4.87. The Hall–Kier alpha value is -1.80. The van der Waals surface area contributed by atoms with Crippen molar-refractivity contribution in [2.75, 3.05) is 31.8 Å². The first-order valence-electron chi connectivity index (χ1n) is 6.67. The lowest BCUT2D eigenvalue weighted by molar-refractivity contribution is 0.245. The smallest absolute Gasteiger partial charge is 0.229 e. The van der Waals surface area contributed by atoms with Gasteiger partial charge in [-0.3, -0.25) is 4.90 Å². The zero-order chi connectivity index (χ0) is 15.6. The molecule has 0 saturated carbocycles. The van der Waals surface area contributed by atoms with Crippen LogP contribution in [0.25, 0.3) is 0 Å². The van der Waals surface area contributed by atoms with E-state index in [0.29, 0.717) is 11.8 Å². The number of nitrogens with zero attached hydrogens (tertiary/aromatic N) is 6. The molecular weight excluding hydrogens is 286 g/mol. The van der Waals surface area contributed by atoms with Gasteiger partial charge in [0.2, 0.25) is 11.9 Å². The lowest BCUT2D eigenvalue weighted by Crippen LogP contribution is -2.25. The van der Waals surface area contributed by atoms with Crippen molar-refractivity contribution >= 4 is 23.2 Å². The summed E-state index contributed by atoms with van der Waals surface area (Å²) in [5.74, 6) is 1.50. The number of thiazole rings is 1. The van der Waals surface area contributed by atoms with E-state index < -0.39 is 0 Å². The van der Waals surface area contributed by atoms with Crippen molar-refractivity contribution in [1.29, 1.82) is 0 Å². The first-order valence-corrected chi connectivity index (χ1v) is 7.48. The van der Waals surface area contributed by atoms with Gasteiger partial charge in [-0.2, -0.15) is 15.0 Å². The number of hydrogen-bond donors (Lipinski definition) is 1. The quantitative estimate of drug-likeness (QED) is 0.895. The predicted molar refractivity (Wildman–Crippen MR) is 85.3 cm³/mol. The van der Waals surface area contributed by atoms with E-state index in [1.807, 2.05) is 39.2 Å². The van der Waals surface area contributed by atoms with Crippen LogP contribution in [0, 0.1) is 6.92 Å². The van der Waals surface area contributed by atoms with E-state index in [2.05, 4.69) is 31.8 Å². The molecule has 1 atom stereocenters. The maximum atomic E-state index is 5.78. The molecule has 21 heavy (non-hydrogen) atoms. The number of nitrogens with two attached hydrogens (primary N) is 1. The van der Waals surface area contributed by atoms with Crippen LogP contribution >= 0.6 is 11.3 Å². The summed E-state index contributed by atoms with van der Waals surface area (Å²) >= 11 is 1.70. The summed E-state index contributed by atoms with van der Waals surface area (Å²) in [5, 5.41) is 1.07. The fraction of sp³-hybridized carbons (Fsp3) is 0.538. The Balaban J connectivity index is 2.16. The van der Waals surface area contributed by atoms with Crippen molar-refractivity contribution in [3.8, 4) is 0 Å². The third-order valence-corrected chi connectivity index (χ3v) is 4.06. The van der Waals surface area contributed by atoms with E-state index in [-0.39, 0.29) is 12.0 Å². The van der Waals surface area contributed by atoms with E-state index in [9.17, 15) is 0 Å². The van der Waals surface area contributed by atoms with Crippen LogP contribution in [0.4, 0.5) is 11.9 Å². The Labute approximate surface area is 128 Å². The highest BCUT2D eigenvalue weighted by Crippen LogP contribution is 2.21. The minimum Gasteiger partial charge on any atom is -0.368 e. The van der Waals surface area contributed by atoms with Crippen molar-refractivity contribution in [1.82, 2.24) is 24.8 Å². The van der Waals surface area contributed by atoms with E-state index in [4.69, 9.17) is 5.73 Å². The lowest BCUT2D eigenvalue weighted by atomic mass is 10.2. The Kier molecular flexibility index (Phi) is 4.69. The van der Waals surface area contributed by atoms with Crippen LogP contribution < -0.4 is 10.6 Å². The summed E-state index contributed by atoms with van der Waals surface area (Å²) < 4.78 is 0. The monoisotopic (exact) mass is 307 g/mol. The summed E-state index contributed by atoms with van der Waals surface area (Å²) in [4.78, 5) is 22.3. The fourth-order valence-corrected chi connectivity index (χ4v) is 2.70. The molecule has 0 bridgehead atoms. The van der Waals surface area contributed by atoms with Crippen LogP contribution in [0.5, 0.6) is 0 Å². The minimum atomic E-state index is 0.0383.